The highest BCUT2D eigenvalue weighted by atomic mass is 35.5. The fourth-order valence-electron chi connectivity index (χ4n) is 2.25. The van der Waals surface area contributed by atoms with Crippen LogP contribution in [0.25, 0.3) is 5.57 Å². The van der Waals surface area contributed by atoms with E-state index >= 15 is 0 Å². The van der Waals surface area contributed by atoms with Crippen LogP contribution in [0.15, 0.2) is 49.0 Å². The van der Waals surface area contributed by atoms with Gasteiger partial charge in [0.1, 0.15) is 0 Å². The molecule has 5 heteroatoms. The SMILES string of the molecule is C=C(C(=O)NCCc1ccc(OC)c(OC)c1)c1ccc(Cl)cc1. The molecule has 0 unspecified atom stereocenters. The predicted octanol–water partition coefficient (Wildman–Crippen LogP) is 3.73. The van der Waals surface area contributed by atoms with Crippen LogP contribution in [0.4, 0.5) is 0 Å². The zero-order chi connectivity index (χ0) is 17.5. The molecule has 126 valence electrons. The Bertz CT molecular complexity index is 726. The summed E-state index contributed by atoms with van der Waals surface area (Å²) in [4.78, 5) is 12.2. The molecular weight excluding hydrogens is 326 g/mol. The number of benzene rings is 2. The highest BCUT2D eigenvalue weighted by Crippen LogP contribution is 2.27. The monoisotopic (exact) mass is 345 g/mol. The van der Waals surface area contributed by atoms with Crippen molar-refractivity contribution < 1.29 is 14.3 Å². The average Bonchev–Trinajstić information content (AvgIpc) is 2.61. The molecule has 4 nitrogen and oxygen atoms in total. The molecule has 24 heavy (non-hydrogen) atoms. The molecule has 0 aliphatic heterocycles. The van der Waals surface area contributed by atoms with Gasteiger partial charge in [0.15, 0.2) is 11.5 Å². The molecule has 0 fully saturated rings. The summed E-state index contributed by atoms with van der Waals surface area (Å²) in [5.41, 5.74) is 2.21. The normalized spacial score (nSPS) is 10.1. The van der Waals surface area contributed by atoms with Gasteiger partial charge in [0.2, 0.25) is 0 Å². The van der Waals surface area contributed by atoms with Crippen molar-refractivity contribution in [3.05, 3.63) is 65.2 Å². The minimum Gasteiger partial charge on any atom is -0.493 e. The van der Waals surface area contributed by atoms with E-state index in [2.05, 4.69) is 11.9 Å². The van der Waals surface area contributed by atoms with Gasteiger partial charge in [0.25, 0.3) is 5.91 Å². The van der Waals surface area contributed by atoms with Gasteiger partial charge in [-0.05, 0) is 41.8 Å². The molecule has 0 spiro atoms. The first-order chi connectivity index (χ1) is 11.5. The van der Waals surface area contributed by atoms with E-state index in [-0.39, 0.29) is 5.91 Å². The summed E-state index contributed by atoms with van der Waals surface area (Å²) in [5.74, 6) is 1.16. The van der Waals surface area contributed by atoms with Crippen molar-refractivity contribution in [3.63, 3.8) is 0 Å². The Kier molecular flexibility index (Phi) is 6.27. The fraction of sp³-hybridized carbons (Fsp3) is 0.211. The van der Waals surface area contributed by atoms with Crippen molar-refractivity contribution in [1.82, 2.24) is 5.32 Å². The smallest absolute Gasteiger partial charge is 0.251 e. The van der Waals surface area contributed by atoms with Gasteiger partial charge in [-0.15, -0.1) is 0 Å². The third-order valence-corrected chi connectivity index (χ3v) is 3.87. The second-order valence-corrected chi connectivity index (χ2v) is 5.62. The molecule has 0 bridgehead atoms. The first-order valence-corrected chi connectivity index (χ1v) is 7.87. The Hall–Kier alpha value is -2.46. The van der Waals surface area contributed by atoms with Crippen LogP contribution in [-0.4, -0.2) is 26.7 Å². The lowest BCUT2D eigenvalue weighted by molar-refractivity contribution is -0.115. The topological polar surface area (TPSA) is 47.6 Å². The largest absolute Gasteiger partial charge is 0.493 e. The molecule has 2 aromatic rings. The summed E-state index contributed by atoms with van der Waals surface area (Å²) in [6.45, 7) is 4.34. The van der Waals surface area contributed by atoms with E-state index in [0.29, 0.717) is 35.1 Å². The van der Waals surface area contributed by atoms with E-state index in [1.807, 2.05) is 18.2 Å². The van der Waals surface area contributed by atoms with Crippen LogP contribution in [0, 0.1) is 0 Å². The van der Waals surface area contributed by atoms with E-state index in [4.69, 9.17) is 21.1 Å². The second kappa shape index (κ2) is 8.41. The Labute approximate surface area is 147 Å². The maximum atomic E-state index is 12.2. The summed E-state index contributed by atoms with van der Waals surface area (Å²) in [6, 6.07) is 12.7. The van der Waals surface area contributed by atoms with Crippen molar-refractivity contribution in [2.75, 3.05) is 20.8 Å². The van der Waals surface area contributed by atoms with Crippen LogP contribution in [0.1, 0.15) is 11.1 Å². The Morgan fingerprint density at radius 3 is 2.38 bits per heavy atom. The lowest BCUT2D eigenvalue weighted by atomic mass is 10.1. The number of carbonyl (C=O) groups excluding carboxylic acids is 1. The van der Waals surface area contributed by atoms with Gasteiger partial charge >= 0.3 is 0 Å². The first kappa shape index (κ1) is 17.9. The van der Waals surface area contributed by atoms with Crippen LogP contribution in [0.2, 0.25) is 5.02 Å². The van der Waals surface area contributed by atoms with Crippen LogP contribution in [0.5, 0.6) is 11.5 Å². The number of ether oxygens (including phenoxy) is 2. The molecule has 1 N–H and O–H groups in total. The minimum absolute atomic E-state index is 0.196. The van der Waals surface area contributed by atoms with Crippen molar-refractivity contribution in [1.29, 1.82) is 0 Å². The quantitative estimate of drug-likeness (QED) is 0.778. The summed E-state index contributed by atoms with van der Waals surface area (Å²) in [6.07, 6.45) is 0.681. The Balaban J connectivity index is 1.90. The number of rotatable bonds is 7. The zero-order valence-electron chi connectivity index (χ0n) is 13.8. The molecule has 1 amide bonds. The van der Waals surface area contributed by atoms with Crippen LogP contribution in [-0.2, 0) is 11.2 Å². The summed E-state index contributed by atoms with van der Waals surface area (Å²) < 4.78 is 10.5. The standard InChI is InChI=1S/C19H20ClNO3/c1-13(15-5-7-16(20)8-6-15)19(22)21-11-10-14-4-9-17(23-2)18(12-14)24-3/h4-9,12H,1,10-11H2,2-3H3,(H,21,22). The molecule has 0 saturated heterocycles. The number of halogens is 1. The van der Waals surface area contributed by atoms with Gasteiger partial charge in [-0.1, -0.05) is 36.4 Å². The summed E-state index contributed by atoms with van der Waals surface area (Å²) in [5, 5.41) is 3.49. The van der Waals surface area contributed by atoms with Gasteiger partial charge < -0.3 is 14.8 Å². The third kappa shape index (κ3) is 4.52. The first-order valence-electron chi connectivity index (χ1n) is 7.49. The van der Waals surface area contributed by atoms with Crippen LogP contribution >= 0.6 is 11.6 Å². The Morgan fingerprint density at radius 2 is 1.75 bits per heavy atom. The maximum Gasteiger partial charge on any atom is 0.251 e. The van der Waals surface area contributed by atoms with Crippen molar-refractivity contribution in [2.24, 2.45) is 0 Å². The molecule has 0 saturated carbocycles. The van der Waals surface area contributed by atoms with E-state index in [1.54, 1.807) is 38.5 Å². The molecular formula is C19H20ClNO3. The average molecular weight is 346 g/mol. The lowest BCUT2D eigenvalue weighted by Crippen LogP contribution is -2.26. The molecule has 0 aliphatic rings. The highest BCUT2D eigenvalue weighted by molar-refractivity contribution is 6.30. The number of hydrogen-bond donors (Lipinski definition) is 1. The van der Waals surface area contributed by atoms with E-state index in [1.165, 1.54) is 0 Å². The predicted molar refractivity (Wildman–Crippen MR) is 96.7 cm³/mol. The second-order valence-electron chi connectivity index (χ2n) is 5.18. The number of nitrogens with one attached hydrogen (secondary N) is 1. The Morgan fingerprint density at radius 1 is 1.08 bits per heavy atom. The molecule has 0 aliphatic carbocycles. The van der Waals surface area contributed by atoms with Gasteiger partial charge in [0, 0.05) is 17.1 Å². The molecule has 0 radical (unpaired) electrons. The number of methoxy groups -OCH3 is 2. The van der Waals surface area contributed by atoms with E-state index < -0.39 is 0 Å². The highest BCUT2D eigenvalue weighted by Gasteiger charge is 2.09. The molecule has 2 rings (SSSR count). The zero-order valence-corrected chi connectivity index (χ0v) is 14.5. The van der Waals surface area contributed by atoms with Crippen LogP contribution < -0.4 is 14.8 Å². The molecule has 2 aromatic carbocycles. The van der Waals surface area contributed by atoms with Crippen molar-refractivity contribution in [3.8, 4) is 11.5 Å². The van der Waals surface area contributed by atoms with Gasteiger partial charge in [-0.3, -0.25) is 4.79 Å². The number of hydrogen-bond acceptors (Lipinski definition) is 3. The molecule has 0 atom stereocenters. The van der Waals surface area contributed by atoms with Gasteiger partial charge in [-0.25, -0.2) is 0 Å². The summed E-state index contributed by atoms with van der Waals surface area (Å²) >= 11 is 5.84. The molecule has 0 heterocycles. The van der Waals surface area contributed by atoms with Gasteiger partial charge in [0.05, 0.1) is 14.2 Å². The molecule has 0 aromatic heterocycles. The number of amides is 1. The van der Waals surface area contributed by atoms with Crippen LogP contribution in [0.3, 0.4) is 0 Å². The van der Waals surface area contributed by atoms with E-state index in [0.717, 1.165) is 11.1 Å². The minimum atomic E-state index is -0.196. The number of carbonyl (C=O) groups is 1. The van der Waals surface area contributed by atoms with Crippen molar-refractivity contribution in [2.45, 2.75) is 6.42 Å². The van der Waals surface area contributed by atoms with E-state index in [9.17, 15) is 4.79 Å². The van der Waals surface area contributed by atoms with Crippen molar-refractivity contribution >= 4 is 23.1 Å². The fourth-order valence-corrected chi connectivity index (χ4v) is 2.37. The summed E-state index contributed by atoms with van der Waals surface area (Å²) in [7, 11) is 3.19. The third-order valence-electron chi connectivity index (χ3n) is 3.61. The lowest BCUT2D eigenvalue weighted by Gasteiger charge is -2.11. The maximum absolute atomic E-state index is 12.2. The van der Waals surface area contributed by atoms with Gasteiger partial charge in [-0.2, -0.15) is 0 Å².